The number of hydrogen-bond donors (Lipinski definition) is 1. The van der Waals surface area contributed by atoms with Crippen molar-refractivity contribution in [3.05, 3.63) is 0 Å². The lowest BCUT2D eigenvalue weighted by Gasteiger charge is -2.23. The highest BCUT2D eigenvalue weighted by atomic mass is 16.5. The van der Waals surface area contributed by atoms with Crippen molar-refractivity contribution in [3.63, 3.8) is 0 Å². The van der Waals surface area contributed by atoms with Crippen LogP contribution in [-0.2, 0) is 9.53 Å². The van der Waals surface area contributed by atoms with Crippen LogP contribution in [0.5, 0.6) is 0 Å². The summed E-state index contributed by atoms with van der Waals surface area (Å²) in [5.41, 5.74) is 0. The second-order valence-corrected chi connectivity index (χ2v) is 4.74. The number of unbranched alkanes of at least 4 members (excludes halogenated alkanes) is 2. The molecule has 0 aromatic rings. The fourth-order valence-electron chi connectivity index (χ4n) is 2.24. The minimum Gasteiger partial charge on any atom is -0.466 e. The summed E-state index contributed by atoms with van der Waals surface area (Å²) in [4.78, 5) is 13.5. The first-order valence-electron chi connectivity index (χ1n) is 6.80. The van der Waals surface area contributed by atoms with Gasteiger partial charge in [-0.2, -0.15) is 0 Å². The number of ether oxygens (including phenoxy) is 1. The number of rotatable bonds is 8. The monoisotopic (exact) mass is 242 g/mol. The van der Waals surface area contributed by atoms with Crippen molar-refractivity contribution in [2.24, 2.45) is 0 Å². The summed E-state index contributed by atoms with van der Waals surface area (Å²) in [6, 6.07) is 0.708. The first-order chi connectivity index (χ1) is 8.24. The molecule has 1 aliphatic rings. The number of likely N-dealkylation sites (N-methyl/N-ethyl adjacent to an activating group) is 1. The van der Waals surface area contributed by atoms with Crippen LogP contribution in [0.4, 0.5) is 0 Å². The van der Waals surface area contributed by atoms with E-state index in [4.69, 9.17) is 4.74 Å². The number of nitrogens with zero attached hydrogens (tertiary/aromatic N) is 1. The van der Waals surface area contributed by atoms with Crippen LogP contribution in [0.25, 0.3) is 0 Å². The van der Waals surface area contributed by atoms with Gasteiger partial charge in [-0.15, -0.1) is 0 Å². The normalized spacial score (nSPS) is 19.8. The van der Waals surface area contributed by atoms with Crippen molar-refractivity contribution in [3.8, 4) is 0 Å². The number of esters is 1. The molecule has 1 rings (SSSR count). The first-order valence-corrected chi connectivity index (χ1v) is 6.80. The number of hydrogen-bond acceptors (Lipinski definition) is 4. The molecule has 1 N–H and O–H groups in total. The predicted molar refractivity (Wildman–Crippen MR) is 69.0 cm³/mol. The van der Waals surface area contributed by atoms with Crippen molar-refractivity contribution < 1.29 is 9.53 Å². The van der Waals surface area contributed by atoms with Crippen LogP contribution >= 0.6 is 0 Å². The molecular weight excluding hydrogens is 216 g/mol. The Hall–Kier alpha value is -0.610. The van der Waals surface area contributed by atoms with Crippen LogP contribution in [0, 0.1) is 0 Å². The largest absolute Gasteiger partial charge is 0.466 e. The second kappa shape index (κ2) is 8.48. The Labute approximate surface area is 105 Å². The van der Waals surface area contributed by atoms with E-state index in [2.05, 4.69) is 17.3 Å². The van der Waals surface area contributed by atoms with Crippen LogP contribution in [0.2, 0.25) is 0 Å². The van der Waals surface area contributed by atoms with Gasteiger partial charge in [-0.05, 0) is 46.3 Å². The molecule has 0 aromatic carbocycles. The summed E-state index contributed by atoms with van der Waals surface area (Å²) in [7, 11) is 2.20. The molecule has 17 heavy (non-hydrogen) atoms. The van der Waals surface area contributed by atoms with E-state index in [1.165, 1.54) is 12.8 Å². The third-order valence-electron chi connectivity index (χ3n) is 3.35. The topological polar surface area (TPSA) is 41.6 Å². The second-order valence-electron chi connectivity index (χ2n) is 4.74. The number of nitrogens with one attached hydrogen (secondary N) is 1. The Kier molecular flexibility index (Phi) is 7.21. The van der Waals surface area contributed by atoms with Crippen LogP contribution in [0.1, 0.15) is 39.0 Å². The van der Waals surface area contributed by atoms with Crippen molar-refractivity contribution in [1.82, 2.24) is 10.2 Å². The summed E-state index contributed by atoms with van der Waals surface area (Å²) in [6.07, 6.45) is 5.08. The Morgan fingerprint density at radius 1 is 1.41 bits per heavy atom. The van der Waals surface area contributed by atoms with Crippen LogP contribution in [0.15, 0.2) is 0 Å². The van der Waals surface area contributed by atoms with Crippen molar-refractivity contribution >= 4 is 5.97 Å². The molecule has 1 saturated heterocycles. The van der Waals surface area contributed by atoms with E-state index in [0.717, 1.165) is 32.5 Å². The van der Waals surface area contributed by atoms with Gasteiger partial charge in [-0.25, -0.2) is 0 Å². The van der Waals surface area contributed by atoms with Gasteiger partial charge in [0, 0.05) is 19.0 Å². The lowest BCUT2D eigenvalue weighted by Crippen LogP contribution is -2.34. The maximum atomic E-state index is 11.1. The zero-order valence-electron chi connectivity index (χ0n) is 11.2. The zero-order chi connectivity index (χ0) is 12.5. The maximum Gasteiger partial charge on any atom is 0.305 e. The molecule has 0 bridgehead atoms. The van der Waals surface area contributed by atoms with Crippen LogP contribution < -0.4 is 5.32 Å². The van der Waals surface area contributed by atoms with Crippen molar-refractivity contribution in [1.29, 1.82) is 0 Å². The highest BCUT2D eigenvalue weighted by Crippen LogP contribution is 2.08. The maximum absolute atomic E-state index is 11.1. The minimum absolute atomic E-state index is 0.0548. The summed E-state index contributed by atoms with van der Waals surface area (Å²) in [5.74, 6) is -0.0548. The molecule has 0 aromatic heterocycles. The first kappa shape index (κ1) is 14.5. The van der Waals surface area contributed by atoms with E-state index in [1.54, 1.807) is 0 Å². The van der Waals surface area contributed by atoms with E-state index in [0.29, 0.717) is 19.1 Å². The zero-order valence-corrected chi connectivity index (χ0v) is 11.2. The fraction of sp³-hybridized carbons (Fsp3) is 0.923. The molecule has 1 unspecified atom stereocenters. The summed E-state index contributed by atoms with van der Waals surface area (Å²) >= 11 is 0. The SMILES string of the molecule is CCOC(=O)CCCCCN(C)C1CCNC1. The Bertz CT molecular complexity index is 215. The summed E-state index contributed by atoms with van der Waals surface area (Å²) in [6.45, 7) is 5.76. The Morgan fingerprint density at radius 2 is 2.24 bits per heavy atom. The summed E-state index contributed by atoms with van der Waals surface area (Å²) in [5, 5.41) is 3.38. The number of carbonyl (C=O) groups excluding carboxylic acids is 1. The van der Waals surface area contributed by atoms with E-state index >= 15 is 0 Å². The smallest absolute Gasteiger partial charge is 0.305 e. The molecule has 0 amide bonds. The van der Waals surface area contributed by atoms with Gasteiger partial charge in [-0.1, -0.05) is 6.42 Å². The highest BCUT2D eigenvalue weighted by molar-refractivity contribution is 5.69. The van der Waals surface area contributed by atoms with E-state index in [9.17, 15) is 4.79 Å². The lowest BCUT2D eigenvalue weighted by atomic mass is 10.1. The standard InChI is InChI=1S/C13H26N2O2/c1-3-17-13(16)7-5-4-6-10-15(2)12-8-9-14-11-12/h12,14H,3-11H2,1-2H3. The van der Waals surface area contributed by atoms with Gasteiger partial charge < -0.3 is 15.0 Å². The fourth-order valence-corrected chi connectivity index (χ4v) is 2.24. The molecular formula is C13H26N2O2. The van der Waals surface area contributed by atoms with Gasteiger partial charge >= 0.3 is 5.97 Å². The molecule has 1 heterocycles. The molecule has 1 atom stereocenters. The lowest BCUT2D eigenvalue weighted by molar-refractivity contribution is -0.143. The Morgan fingerprint density at radius 3 is 2.88 bits per heavy atom. The minimum atomic E-state index is -0.0548. The average molecular weight is 242 g/mol. The third kappa shape index (κ3) is 6.03. The predicted octanol–water partition coefficient (Wildman–Crippen LogP) is 1.40. The van der Waals surface area contributed by atoms with Gasteiger partial charge in [0.05, 0.1) is 6.61 Å². The highest BCUT2D eigenvalue weighted by Gasteiger charge is 2.18. The Balaban J connectivity index is 1.94. The van der Waals surface area contributed by atoms with Gasteiger partial charge in [0.15, 0.2) is 0 Å². The molecule has 4 heteroatoms. The molecule has 0 spiro atoms. The summed E-state index contributed by atoms with van der Waals surface area (Å²) < 4.78 is 4.89. The molecule has 0 saturated carbocycles. The van der Waals surface area contributed by atoms with E-state index in [1.807, 2.05) is 6.92 Å². The van der Waals surface area contributed by atoms with Crippen LogP contribution in [-0.4, -0.2) is 50.2 Å². The number of carbonyl (C=O) groups is 1. The van der Waals surface area contributed by atoms with Gasteiger partial charge in [0.1, 0.15) is 0 Å². The van der Waals surface area contributed by atoms with E-state index < -0.39 is 0 Å². The van der Waals surface area contributed by atoms with Gasteiger partial charge in [0.25, 0.3) is 0 Å². The molecule has 0 aliphatic carbocycles. The van der Waals surface area contributed by atoms with E-state index in [-0.39, 0.29) is 5.97 Å². The van der Waals surface area contributed by atoms with Crippen molar-refractivity contribution in [2.45, 2.75) is 45.1 Å². The molecule has 0 radical (unpaired) electrons. The molecule has 1 aliphatic heterocycles. The third-order valence-corrected chi connectivity index (χ3v) is 3.35. The molecule has 4 nitrogen and oxygen atoms in total. The average Bonchev–Trinajstić information content (AvgIpc) is 2.82. The van der Waals surface area contributed by atoms with Gasteiger partial charge in [0.2, 0.25) is 0 Å². The van der Waals surface area contributed by atoms with Crippen molar-refractivity contribution in [2.75, 3.05) is 33.3 Å². The van der Waals surface area contributed by atoms with Crippen LogP contribution in [0.3, 0.4) is 0 Å². The van der Waals surface area contributed by atoms with Gasteiger partial charge in [-0.3, -0.25) is 4.79 Å². The molecule has 100 valence electrons. The quantitative estimate of drug-likeness (QED) is 0.516. The molecule has 1 fully saturated rings.